The van der Waals surface area contributed by atoms with Crippen molar-refractivity contribution in [2.75, 3.05) is 13.7 Å². The predicted octanol–water partition coefficient (Wildman–Crippen LogP) is 2.96. The lowest BCUT2D eigenvalue weighted by atomic mass is 10.1. The van der Waals surface area contributed by atoms with Gasteiger partial charge < -0.3 is 14.4 Å². The van der Waals surface area contributed by atoms with Crippen molar-refractivity contribution < 1.29 is 14.2 Å². The molecule has 0 saturated carbocycles. The fourth-order valence-corrected chi connectivity index (χ4v) is 2.29. The predicted molar refractivity (Wildman–Crippen MR) is 69.3 cm³/mol. The van der Waals surface area contributed by atoms with Crippen molar-refractivity contribution in [3.05, 3.63) is 34.7 Å². The third-order valence-corrected chi connectivity index (χ3v) is 3.32. The zero-order chi connectivity index (χ0) is 13.1. The lowest BCUT2D eigenvalue weighted by Crippen LogP contribution is -2.01. The van der Waals surface area contributed by atoms with Gasteiger partial charge in [0.05, 0.1) is 17.1 Å². The van der Waals surface area contributed by atoms with Crippen molar-refractivity contribution in [1.29, 1.82) is 0 Å². The van der Waals surface area contributed by atoms with Gasteiger partial charge in [0.2, 0.25) is 0 Å². The summed E-state index contributed by atoms with van der Waals surface area (Å²) in [5.74, 6) is -0.540. The molecule has 0 radical (unpaired) electrons. The Hall–Kier alpha value is -1.10. The summed E-state index contributed by atoms with van der Waals surface area (Å²) in [6.45, 7) is 1.08. The lowest BCUT2D eigenvalue weighted by molar-refractivity contribution is 0.190. The van der Waals surface area contributed by atoms with Crippen molar-refractivity contribution >= 4 is 22.5 Å². The number of hydrogen-bond acceptors (Lipinski definition) is 2. The van der Waals surface area contributed by atoms with E-state index in [1.807, 2.05) is 10.8 Å². The molecule has 98 valence electrons. The van der Waals surface area contributed by atoms with Gasteiger partial charge in [0.15, 0.2) is 0 Å². The van der Waals surface area contributed by atoms with E-state index in [0.29, 0.717) is 12.0 Å². The maximum Gasteiger partial charge on any atom is 0.148 e. The Kier molecular flexibility index (Phi) is 4.22. The molecule has 3 nitrogen and oxygen atoms in total. The van der Waals surface area contributed by atoms with Crippen LogP contribution in [-0.2, 0) is 17.9 Å². The molecule has 0 bridgehead atoms. The molecule has 0 spiro atoms. The summed E-state index contributed by atoms with van der Waals surface area (Å²) in [4.78, 5) is 0. The minimum atomic E-state index is -0.540. The van der Waals surface area contributed by atoms with E-state index in [4.69, 9.17) is 21.4 Å². The fraction of sp³-hybridized carbons (Fsp3) is 0.385. The van der Waals surface area contributed by atoms with E-state index in [1.54, 1.807) is 19.2 Å². The number of nitrogens with zero attached hydrogens (tertiary/aromatic N) is 1. The minimum absolute atomic E-state index is 0.0713. The molecule has 18 heavy (non-hydrogen) atoms. The highest BCUT2D eigenvalue weighted by Gasteiger charge is 2.13. The van der Waals surface area contributed by atoms with E-state index < -0.39 is 5.82 Å². The molecule has 1 aromatic carbocycles. The van der Waals surface area contributed by atoms with Crippen molar-refractivity contribution in [3.63, 3.8) is 0 Å². The topological polar surface area (TPSA) is 34.4 Å². The van der Waals surface area contributed by atoms with Gasteiger partial charge in [-0.3, -0.25) is 0 Å². The van der Waals surface area contributed by atoms with Crippen LogP contribution >= 0.6 is 11.6 Å². The van der Waals surface area contributed by atoms with Gasteiger partial charge in [-0.25, -0.2) is 4.39 Å². The Bertz CT molecular complexity index is 553. The maximum absolute atomic E-state index is 13.7. The summed E-state index contributed by atoms with van der Waals surface area (Å²) in [6.07, 6.45) is 2.73. The highest BCUT2D eigenvalue weighted by molar-refractivity contribution is 6.35. The first-order chi connectivity index (χ1) is 8.69. The fourth-order valence-electron chi connectivity index (χ4n) is 2.01. The van der Waals surface area contributed by atoms with E-state index >= 15 is 0 Å². The largest absolute Gasteiger partial charge is 0.392 e. The van der Waals surface area contributed by atoms with Crippen molar-refractivity contribution in [2.24, 2.45) is 0 Å². The third-order valence-electron chi connectivity index (χ3n) is 2.95. The van der Waals surface area contributed by atoms with E-state index in [9.17, 15) is 4.39 Å². The molecule has 0 aliphatic carbocycles. The van der Waals surface area contributed by atoms with Gasteiger partial charge in [0, 0.05) is 37.4 Å². The van der Waals surface area contributed by atoms with Gasteiger partial charge in [-0.05, 0) is 18.6 Å². The standard InChI is InChI=1S/C13H15ClFNO2/c1-18-6-2-4-16-5-3-10-11(16)7-9(8-17)13(15)12(10)14/h3,5,7,17H,2,4,6,8H2,1H3. The Morgan fingerprint density at radius 2 is 2.28 bits per heavy atom. The Balaban J connectivity index is 2.42. The molecule has 0 atom stereocenters. The average molecular weight is 272 g/mol. The zero-order valence-electron chi connectivity index (χ0n) is 10.1. The number of benzene rings is 1. The average Bonchev–Trinajstić information content (AvgIpc) is 2.77. The SMILES string of the molecule is COCCCn1ccc2c(Cl)c(F)c(CO)cc21. The first kappa shape index (κ1) is 13.3. The number of fused-ring (bicyclic) bond motifs is 1. The lowest BCUT2D eigenvalue weighted by Gasteiger charge is -2.08. The molecule has 0 aliphatic heterocycles. The number of aliphatic hydroxyl groups excluding tert-OH is 1. The van der Waals surface area contributed by atoms with Gasteiger partial charge in [-0.1, -0.05) is 11.6 Å². The van der Waals surface area contributed by atoms with Crippen LogP contribution in [0.3, 0.4) is 0 Å². The number of rotatable bonds is 5. The summed E-state index contributed by atoms with van der Waals surface area (Å²) in [7, 11) is 1.66. The molecular weight excluding hydrogens is 257 g/mol. The Morgan fingerprint density at radius 3 is 2.94 bits per heavy atom. The molecule has 0 amide bonds. The molecule has 0 unspecified atom stereocenters. The summed E-state index contributed by atoms with van der Waals surface area (Å²) in [6, 6.07) is 3.43. The molecule has 0 saturated heterocycles. The second-order valence-electron chi connectivity index (χ2n) is 4.11. The summed E-state index contributed by atoms with van der Waals surface area (Å²) < 4.78 is 20.7. The van der Waals surface area contributed by atoms with Gasteiger partial charge in [-0.15, -0.1) is 0 Å². The minimum Gasteiger partial charge on any atom is -0.392 e. The van der Waals surface area contributed by atoms with Crippen LogP contribution in [0.5, 0.6) is 0 Å². The van der Waals surface area contributed by atoms with Gasteiger partial charge in [-0.2, -0.15) is 0 Å². The number of aliphatic hydroxyl groups is 1. The van der Waals surface area contributed by atoms with Crippen molar-refractivity contribution in [1.82, 2.24) is 4.57 Å². The second kappa shape index (κ2) is 5.69. The molecular formula is C13H15ClFNO2. The number of aryl methyl sites for hydroxylation is 1. The van der Waals surface area contributed by atoms with Crippen LogP contribution in [0.15, 0.2) is 18.3 Å². The van der Waals surface area contributed by atoms with Crippen LogP contribution in [0, 0.1) is 5.82 Å². The first-order valence-corrected chi connectivity index (χ1v) is 6.12. The van der Waals surface area contributed by atoms with E-state index in [-0.39, 0.29) is 17.2 Å². The highest BCUT2D eigenvalue weighted by atomic mass is 35.5. The second-order valence-corrected chi connectivity index (χ2v) is 4.49. The number of halogens is 2. The molecule has 5 heteroatoms. The number of hydrogen-bond donors (Lipinski definition) is 1. The number of aromatic nitrogens is 1. The summed E-state index contributed by atoms with van der Waals surface area (Å²) >= 11 is 5.96. The Morgan fingerprint density at radius 1 is 1.50 bits per heavy atom. The number of ether oxygens (including phenoxy) is 1. The van der Waals surface area contributed by atoms with Crippen LogP contribution in [0.25, 0.3) is 10.9 Å². The van der Waals surface area contributed by atoms with E-state index in [2.05, 4.69) is 0 Å². The summed E-state index contributed by atoms with van der Waals surface area (Å²) in [5, 5.41) is 9.86. The normalized spacial score (nSPS) is 11.3. The van der Waals surface area contributed by atoms with Crippen molar-refractivity contribution in [2.45, 2.75) is 19.6 Å². The quantitative estimate of drug-likeness (QED) is 0.849. The van der Waals surface area contributed by atoms with Crippen LogP contribution in [0.1, 0.15) is 12.0 Å². The molecule has 2 aromatic rings. The molecule has 1 heterocycles. The van der Waals surface area contributed by atoms with Crippen molar-refractivity contribution in [3.8, 4) is 0 Å². The Labute approximate surface area is 110 Å². The smallest absolute Gasteiger partial charge is 0.148 e. The molecule has 0 aliphatic rings. The maximum atomic E-state index is 13.7. The molecule has 2 rings (SSSR count). The van der Waals surface area contributed by atoms with E-state index in [0.717, 1.165) is 18.5 Å². The highest BCUT2D eigenvalue weighted by Crippen LogP contribution is 2.30. The third kappa shape index (κ3) is 2.36. The number of methoxy groups -OCH3 is 1. The first-order valence-electron chi connectivity index (χ1n) is 5.74. The van der Waals surface area contributed by atoms with Gasteiger partial charge >= 0.3 is 0 Å². The molecule has 0 fully saturated rings. The monoisotopic (exact) mass is 271 g/mol. The van der Waals surface area contributed by atoms with Gasteiger partial charge in [0.25, 0.3) is 0 Å². The molecule has 1 N–H and O–H groups in total. The van der Waals surface area contributed by atoms with Crippen LogP contribution in [0.4, 0.5) is 4.39 Å². The van der Waals surface area contributed by atoms with E-state index in [1.165, 1.54) is 0 Å². The van der Waals surface area contributed by atoms with Crippen LogP contribution in [-0.4, -0.2) is 23.4 Å². The van der Waals surface area contributed by atoms with Gasteiger partial charge in [0.1, 0.15) is 5.82 Å². The zero-order valence-corrected chi connectivity index (χ0v) is 10.9. The summed E-state index contributed by atoms with van der Waals surface area (Å²) in [5.41, 5.74) is 1.06. The molecule has 1 aromatic heterocycles. The van der Waals surface area contributed by atoms with Crippen LogP contribution in [0.2, 0.25) is 5.02 Å². The van der Waals surface area contributed by atoms with Crippen LogP contribution < -0.4 is 0 Å².